The van der Waals surface area contributed by atoms with E-state index in [1.54, 1.807) is 0 Å². The lowest BCUT2D eigenvalue weighted by Crippen LogP contribution is -2.66. The van der Waals surface area contributed by atoms with Gasteiger partial charge in [0, 0.05) is 32.7 Å². The highest BCUT2D eigenvalue weighted by atomic mass is 28.4. The van der Waals surface area contributed by atoms with Crippen molar-refractivity contribution in [3.05, 3.63) is 60.7 Å². The highest BCUT2D eigenvalue weighted by molar-refractivity contribution is 6.99. The second kappa shape index (κ2) is 14.6. The van der Waals surface area contributed by atoms with Crippen LogP contribution >= 0.6 is 0 Å². The molecular weight excluding hydrogens is 448 g/mol. The average molecular weight is 493 g/mol. The maximum absolute atomic E-state index is 6.95. The van der Waals surface area contributed by atoms with E-state index in [0.717, 1.165) is 64.8 Å². The van der Waals surface area contributed by atoms with Crippen LogP contribution in [0.3, 0.4) is 0 Å². The topological polar surface area (TPSA) is 27.7 Å². The average Bonchev–Trinajstić information content (AvgIpc) is 2.88. The molecule has 2 aromatic rings. The van der Waals surface area contributed by atoms with Crippen LogP contribution in [0.2, 0.25) is 5.04 Å². The predicted octanol–water partition coefficient (Wildman–Crippen LogP) is 6.45. The molecule has 0 amide bonds. The zero-order valence-electron chi connectivity index (χ0n) is 22.1. The fourth-order valence-electron chi connectivity index (χ4n) is 4.85. The van der Waals surface area contributed by atoms with Crippen molar-refractivity contribution in [3.8, 4) is 11.8 Å². The quantitative estimate of drug-likeness (QED) is 0.194. The van der Waals surface area contributed by atoms with Crippen LogP contribution in [-0.2, 0) is 13.9 Å². The lowest BCUT2D eigenvalue weighted by molar-refractivity contribution is -0.162. The Morgan fingerprint density at radius 3 is 1.89 bits per heavy atom. The molecule has 0 saturated carbocycles. The Bertz CT molecular complexity index is 850. The van der Waals surface area contributed by atoms with E-state index in [-0.39, 0.29) is 11.3 Å². The molecule has 0 aliphatic carbocycles. The van der Waals surface area contributed by atoms with E-state index in [2.05, 4.69) is 93.3 Å². The van der Waals surface area contributed by atoms with Crippen LogP contribution in [0.5, 0.6) is 0 Å². The molecule has 1 aliphatic heterocycles. The predicted molar refractivity (Wildman–Crippen MR) is 149 cm³/mol. The van der Waals surface area contributed by atoms with Gasteiger partial charge in [0.25, 0.3) is 8.32 Å². The van der Waals surface area contributed by atoms with Crippen LogP contribution < -0.4 is 10.4 Å². The molecule has 1 heterocycles. The number of ether oxygens (including phenoxy) is 2. The van der Waals surface area contributed by atoms with Gasteiger partial charge in [-0.15, -0.1) is 11.8 Å². The number of rotatable bonds is 12. The van der Waals surface area contributed by atoms with Crippen molar-refractivity contribution < 1.29 is 13.9 Å². The molecule has 0 bridgehead atoms. The monoisotopic (exact) mass is 492 g/mol. The smallest absolute Gasteiger partial charge is 0.261 e. The van der Waals surface area contributed by atoms with Crippen molar-refractivity contribution in [2.24, 2.45) is 0 Å². The maximum atomic E-state index is 6.95. The third kappa shape index (κ3) is 8.32. The molecule has 1 saturated heterocycles. The highest BCUT2D eigenvalue weighted by Gasteiger charge is 2.49. The first kappa shape index (κ1) is 27.7. The van der Waals surface area contributed by atoms with Gasteiger partial charge in [-0.1, -0.05) is 81.4 Å². The molecule has 0 spiro atoms. The van der Waals surface area contributed by atoms with Gasteiger partial charge in [-0.25, -0.2) is 0 Å². The first-order chi connectivity index (χ1) is 17.0. The zero-order chi connectivity index (χ0) is 24.8. The maximum Gasteiger partial charge on any atom is 0.261 e. The first-order valence-corrected chi connectivity index (χ1v) is 15.4. The van der Waals surface area contributed by atoms with Crippen molar-refractivity contribution >= 4 is 18.7 Å². The second-order valence-corrected chi connectivity index (χ2v) is 14.8. The standard InChI is InChI=1S/C31H44O3Si/c1-31(2,3)35(28-20-12-10-13-21-28,29-22-14-11-15-23-29)34-27-18-9-7-5-4-6-8-17-25-32-30-24-16-19-26-33-30/h10-15,20-23,30H,6-9,16-19,24-27H2,1-3H3. The van der Waals surface area contributed by atoms with Crippen LogP contribution in [0.25, 0.3) is 0 Å². The summed E-state index contributed by atoms with van der Waals surface area (Å²) in [7, 11) is -2.41. The van der Waals surface area contributed by atoms with Crippen molar-refractivity contribution in [1.29, 1.82) is 0 Å². The minimum atomic E-state index is -2.41. The molecule has 0 radical (unpaired) electrons. The third-order valence-corrected chi connectivity index (χ3v) is 11.7. The van der Waals surface area contributed by atoms with Crippen molar-refractivity contribution in [1.82, 2.24) is 0 Å². The van der Waals surface area contributed by atoms with E-state index >= 15 is 0 Å². The number of hydrogen-bond acceptors (Lipinski definition) is 3. The van der Waals surface area contributed by atoms with Gasteiger partial charge in [0.2, 0.25) is 0 Å². The minimum Gasteiger partial charge on any atom is -0.407 e. The molecule has 190 valence electrons. The summed E-state index contributed by atoms with van der Waals surface area (Å²) in [6.45, 7) is 9.40. The second-order valence-electron chi connectivity index (χ2n) is 10.4. The van der Waals surface area contributed by atoms with Crippen LogP contribution in [-0.4, -0.2) is 34.4 Å². The van der Waals surface area contributed by atoms with Gasteiger partial charge in [-0.05, 0) is 60.4 Å². The third-order valence-electron chi connectivity index (χ3n) is 6.69. The molecule has 35 heavy (non-hydrogen) atoms. The molecule has 3 nitrogen and oxygen atoms in total. The Labute approximate surface area is 214 Å². The molecule has 3 rings (SSSR count). The Morgan fingerprint density at radius 1 is 0.800 bits per heavy atom. The minimum absolute atomic E-state index is 0.0286. The van der Waals surface area contributed by atoms with Gasteiger partial charge in [-0.2, -0.15) is 0 Å². The molecule has 2 aromatic carbocycles. The lowest BCUT2D eigenvalue weighted by Gasteiger charge is -2.43. The summed E-state index contributed by atoms with van der Waals surface area (Å²) >= 11 is 0. The van der Waals surface area contributed by atoms with Crippen LogP contribution in [0.15, 0.2) is 60.7 Å². The van der Waals surface area contributed by atoms with Gasteiger partial charge in [0.15, 0.2) is 6.29 Å². The molecule has 1 unspecified atom stereocenters. The van der Waals surface area contributed by atoms with Gasteiger partial charge < -0.3 is 13.9 Å². The normalized spacial score (nSPS) is 16.5. The Morgan fingerprint density at radius 2 is 1.37 bits per heavy atom. The number of hydrogen-bond donors (Lipinski definition) is 0. The largest absolute Gasteiger partial charge is 0.407 e. The number of benzene rings is 2. The highest BCUT2D eigenvalue weighted by Crippen LogP contribution is 2.36. The summed E-state index contributed by atoms with van der Waals surface area (Å²) in [6.07, 6.45) is 9.61. The lowest BCUT2D eigenvalue weighted by atomic mass is 10.2. The van der Waals surface area contributed by atoms with Gasteiger partial charge in [0.1, 0.15) is 0 Å². The fraction of sp³-hybridized carbons (Fsp3) is 0.548. The Hall–Kier alpha value is -1.90. The molecule has 1 aliphatic rings. The summed E-state index contributed by atoms with van der Waals surface area (Å²) in [5, 5.41) is 2.72. The summed E-state index contributed by atoms with van der Waals surface area (Å²) in [5.74, 6) is 6.70. The van der Waals surface area contributed by atoms with E-state index in [4.69, 9.17) is 13.9 Å². The van der Waals surface area contributed by atoms with Crippen LogP contribution in [0.4, 0.5) is 0 Å². The molecule has 4 heteroatoms. The van der Waals surface area contributed by atoms with Crippen LogP contribution in [0, 0.1) is 11.8 Å². The van der Waals surface area contributed by atoms with E-state index < -0.39 is 8.32 Å². The Kier molecular flexibility index (Phi) is 11.6. The summed E-state index contributed by atoms with van der Waals surface area (Å²) in [5.41, 5.74) is 0. The fourth-order valence-corrected chi connectivity index (χ4v) is 9.46. The van der Waals surface area contributed by atoms with Crippen molar-refractivity contribution in [2.75, 3.05) is 19.8 Å². The summed E-state index contributed by atoms with van der Waals surface area (Å²) in [4.78, 5) is 0. The van der Waals surface area contributed by atoms with Gasteiger partial charge >= 0.3 is 0 Å². The van der Waals surface area contributed by atoms with E-state index in [0.29, 0.717) is 0 Å². The van der Waals surface area contributed by atoms with Crippen molar-refractivity contribution in [3.63, 3.8) is 0 Å². The Balaban J connectivity index is 1.42. The van der Waals surface area contributed by atoms with Crippen LogP contribution in [0.1, 0.15) is 78.6 Å². The van der Waals surface area contributed by atoms with Crippen molar-refractivity contribution in [2.45, 2.75) is 89.9 Å². The summed E-state index contributed by atoms with van der Waals surface area (Å²) < 4.78 is 18.3. The van der Waals surface area contributed by atoms with E-state index in [1.165, 1.54) is 23.2 Å². The summed E-state index contributed by atoms with van der Waals surface area (Å²) in [6, 6.07) is 21.8. The van der Waals surface area contributed by atoms with E-state index in [9.17, 15) is 0 Å². The molecular formula is C31H44O3Si. The van der Waals surface area contributed by atoms with Gasteiger partial charge in [0.05, 0.1) is 0 Å². The number of unbranched alkanes of at least 4 members (excludes halogenated alkanes) is 4. The van der Waals surface area contributed by atoms with Gasteiger partial charge in [-0.3, -0.25) is 0 Å². The zero-order valence-corrected chi connectivity index (χ0v) is 23.1. The molecule has 0 N–H and O–H groups in total. The molecule has 0 aromatic heterocycles. The molecule has 1 fully saturated rings. The molecule has 1 atom stereocenters. The van der Waals surface area contributed by atoms with E-state index in [1.807, 2.05) is 0 Å². The SMILES string of the molecule is CC(C)(C)[Si](OCCCCC#CCCCCOC1CCCCO1)(c1ccccc1)c1ccccc1. The first-order valence-electron chi connectivity index (χ1n) is 13.5.